The van der Waals surface area contributed by atoms with E-state index in [1.54, 1.807) is 11.8 Å². The van der Waals surface area contributed by atoms with Crippen molar-refractivity contribution in [2.45, 2.75) is 43.0 Å². The first kappa shape index (κ1) is 17.9. The summed E-state index contributed by atoms with van der Waals surface area (Å²) in [5, 5.41) is 9.91. The number of nitrogens with zero attached hydrogens (tertiary/aromatic N) is 2. The Bertz CT molecular complexity index is 698. The molecule has 6 heteroatoms. The maximum Gasteiger partial charge on any atom is 0.246 e. The van der Waals surface area contributed by atoms with Crippen LogP contribution in [0.3, 0.4) is 0 Å². The van der Waals surface area contributed by atoms with Crippen LogP contribution >= 0.6 is 11.8 Å². The Labute approximate surface area is 158 Å². The molecule has 0 spiro atoms. The second-order valence-corrected chi connectivity index (χ2v) is 9.30. The van der Waals surface area contributed by atoms with E-state index in [1.807, 2.05) is 28.0 Å². The van der Waals surface area contributed by atoms with E-state index in [-0.39, 0.29) is 41.2 Å². The van der Waals surface area contributed by atoms with Crippen LogP contribution in [0.1, 0.15) is 37.7 Å². The number of rotatable bonds is 3. The van der Waals surface area contributed by atoms with Crippen LogP contribution in [-0.4, -0.2) is 63.1 Å². The third kappa shape index (κ3) is 2.93. The van der Waals surface area contributed by atoms with Crippen LogP contribution in [0.25, 0.3) is 0 Å². The maximum absolute atomic E-state index is 13.2. The van der Waals surface area contributed by atoms with Gasteiger partial charge in [-0.3, -0.25) is 9.59 Å². The molecule has 0 saturated carbocycles. The minimum absolute atomic E-state index is 0.0461. The molecule has 0 radical (unpaired) electrons. The minimum atomic E-state index is -0.340. The molecule has 1 N–H and O–H groups in total. The molecule has 0 bridgehead atoms. The first-order valence-corrected chi connectivity index (χ1v) is 10.4. The van der Waals surface area contributed by atoms with E-state index < -0.39 is 0 Å². The quantitative estimate of drug-likeness (QED) is 0.880. The Morgan fingerprint density at radius 2 is 2.12 bits per heavy atom. The van der Waals surface area contributed by atoms with Gasteiger partial charge in [-0.25, -0.2) is 0 Å². The first-order chi connectivity index (χ1) is 12.5. The van der Waals surface area contributed by atoms with Crippen molar-refractivity contribution < 1.29 is 14.7 Å². The Morgan fingerprint density at radius 3 is 2.85 bits per heavy atom. The Balaban J connectivity index is 1.48. The molecule has 1 aromatic rings. The number of hydrogen-bond acceptors (Lipinski definition) is 4. The second-order valence-electron chi connectivity index (χ2n) is 7.80. The zero-order valence-electron chi connectivity index (χ0n) is 15.1. The fourth-order valence-electron chi connectivity index (χ4n) is 4.77. The van der Waals surface area contributed by atoms with Gasteiger partial charge in [-0.1, -0.05) is 30.3 Å². The summed E-state index contributed by atoms with van der Waals surface area (Å²) in [6, 6.07) is 9.91. The van der Waals surface area contributed by atoms with Crippen LogP contribution < -0.4 is 0 Å². The van der Waals surface area contributed by atoms with Crippen LogP contribution in [0.2, 0.25) is 0 Å². The molecule has 5 nitrogen and oxygen atoms in total. The van der Waals surface area contributed by atoms with Crippen molar-refractivity contribution in [3.05, 3.63) is 35.9 Å². The van der Waals surface area contributed by atoms with Crippen molar-refractivity contribution in [3.63, 3.8) is 0 Å². The lowest BCUT2D eigenvalue weighted by molar-refractivity contribution is -0.145. The Kier molecular flexibility index (Phi) is 4.73. The zero-order valence-corrected chi connectivity index (χ0v) is 16.0. The van der Waals surface area contributed by atoms with Gasteiger partial charge < -0.3 is 14.9 Å². The average Bonchev–Trinajstić information content (AvgIpc) is 3.17. The number of amides is 2. The number of aliphatic hydroxyl groups is 1. The standard InChI is InChI=1S/C20H26N2O3S/c1-20-9-7-18(24)22(20)17(13-26-20)19(25)21-10-8-16(15(11-21)12-23)14-5-3-2-4-6-14/h2-6,15-17,23H,7-13H2,1H3/t15-,16+,17?,20?/m0/s1. The highest BCUT2D eigenvalue weighted by atomic mass is 32.2. The van der Waals surface area contributed by atoms with Crippen LogP contribution in [0.5, 0.6) is 0 Å². The van der Waals surface area contributed by atoms with Crippen molar-refractivity contribution in [2.75, 3.05) is 25.4 Å². The monoisotopic (exact) mass is 374 g/mol. The Hall–Kier alpha value is -1.53. The lowest BCUT2D eigenvalue weighted by Gasteiger charge is -2.40. The highest BCUT2D eigenvalue weighted by molar-refractivity contribution is 8.01. The number of likely N-dealkylation sites (tertiary alicyclic amines) is 1. The number of carbonyl (C=O) groups is 2. The molecule has 3 saturated heterocycles. The second kappa shape index (κ2) is 6.89. The fourth-order valence-corrected chi connectivity index (χ4v) is 6.19. The van der Waals surface area contributed by atoms with Crippen LogP contribution in [-0.2, 0) is 9.59 Å². The van der Waals surface area contributed by atoms with Crippen molar-refractivity contribution in [3.8, 4) is 0 Å². The summed E-state index contributed by atoms with van der Waals surface area (Å²) in [6.07, 6.45) is 2.23. The van der Waals surface area contributed by atoms with Gasteiger partial charge in [0.1, 0.15) is 6.04 Å². The molecular weight excluding hydrogens is 348 g/mol. The number of thioether (sulfide) groups is 1. The summed E-state index contributed by atoms with van der Waals surface area (Å²) in [5.41, 5.74) is 1.23. The molecule has 26 heavy (non-hydrogen) atoms. The number of hydrogen-bond donors (Lipinski definition) is 1. The lowest BCUT2D eigenvalue weighted by Crippen LogP contribution is -2.54. The summed E-state index contributed by atoms with van der Waals surface area (Å²) in [6.45, 7) is 3.40. The van der Waals surface area contributed by atoms with Crippen molar-refractivity contribution >= 4 is 23.6 Å². The molecule has 0 aliphatic carbocycles. The molecule has 3 aliphatic rings. The SMILES string of the molecule is CC12CCC(=O)N1C(C(=O)N1CC[C@H](c3ccccc3)[C@H](CO)C1)CS2. The smallest absolute Gasteiger partial charge is 0.246 e. The topological polar surface area (TPSA) is 60.9 Å². The lowest BCUT2D eigenvalue weighted by atomic mass is 9.80. The maximum atomic E-state index is 13.2. The Morgan fingerprint density at radius 1 is 1.35 bits per heavy atom. The molecule has 3 heterocycles. The van der Waals surface area contributed by atoms with Gasteiger partial charge in [0.25, 0.3) is 0 Å². The van der Waals surface area contributed by atoms with E-state index in [9.17, 15) is 14.7 Å². The van der Waals surface area contributed by atoms with E-state index in [0.29, 0.717) is 25.3 Å². The van der Waals surface area contributed by atoms with E-state index >= 15 is 0 Å². The molecular formula is C20H26N2O3S. The van der Waals surface area contributed by atoms with Crippen molar-refractivity contribution in [1.29, 1.82) is 0 Å². The molecule has 0 aromatic heterocycles. The van der Waals surface area contributed by atoms with Gasteiger partial charge in [-0.15, -0.1) is 11.8 Å². The molecule has 4 rings (SSSR count). The number of carbonyl (C=O) groups excluding carboxylic acids is 2. The van der Waals surface area contributed by atoms with Crippen LogP contribution in [0, 0.1) is 5.92 Å². The van der Waals surface area contributed by atoms with E-state index in [1.165, 1.54) is 5.56 Å². The third-order valence-corrected chi connectivity index (χ3v) is 7.74. The van der Waals surface area contributed by atoms with E-state index in [0.717, 1.165) is 12.8 Å². The predicted octanol–water partition coefficient (Wildman–Crippen LogP) is 2.06. The summed E-state index contributed by atoms with van der Waals surface area (Å²) in [7, 11) is 0. The van der Waals surface area contributed by atoms with Crippen molar-refractivity contribution in [2.24, 2.45) is 5.92 Å². The number of aliphatic hydroxyl groups excluding tert-OH is 1. The summed E-state index contributed by atoms with van der Waals surface area (Å²) >= 11 is 1.73. The fraction of sp³-hybridized carbons (Fsp3) is 0.600. The summed E-state index contributed by atoms with van der Waals surface area (Å²) in [5.74, 6) is 1.17. The normalized spacial score (nSPS) is 34.2. The molecule has 140 valence electrons. The van der Waals surface area contributed by atoms with Gasteiger partial charge in [0.2, 0.25) is 11.8 Å². The number of benzene rings is 1. The van der Waals surface area contributed by atoms with Gasteiger partial charge in [-0.2, -0.15) is 0 Å². The largest absolute Gasteiger partial charge is 0.396 e. The van der Waals surface area contributed by atoms with Gasteiger partial charge in [0.15, 0.2) is 0 Å². The molecule has 3 aliphatic heterocycles. The molecule has 2 amide bonds. The molecule has 4 atom stereocenters. The third-order valence-electron chi connectivity index (χ3n) is 6.24. The number of piperidine rings is 1. The number of fused-ring (bicyclic) bond motifs is 1. The van der Waals surface area contributed by atoms with Gasteiger partial charge in [0, 0.05) is 37.8 Å². The van der Waals surface area contributed by atoms with Crippen LogP contribution in [0.4, 0.5) is 0 Å². The molecule has 2 unspecified atom stereocenters. The van der Waals surface area contributed by atoms with Gasteiger partial charge in [-0.05, 0) is 31.2 Å². The van der Waals surface area contributed by atoms with Crippen LogP contribution in [0.15, 0.2) is 30.3 Å². The first-order valence-electron chi connectivity index (χ1n) is 9.44. The average molecular weight is 375 g/mol. The highest BCUT2D eigenvalue weighted by Gasteiger charge is 2.53. The van der Waals surface area contributed by atoms with E-state index in [4.69, 9.17) is 0 Å². The van der Waals surface area contributed by atoms with E-state index in [2.05, 4.69) is 19.1 Å². The predicted molar refractivity (Wildman–Crippen MR) is 102 cm³/mol. The van der Waals surface area contributed by atoms with Gasteiger partial charge in [0.05, 0.1) is 4.87 Å². The zero-order chi connectivity index (χ0) is 18.3. The van der Waals surface area contributed by atoms with Gasteiger partial charge >= 0.3 is 0 Å². The van der Waals surface area contributed by atoms with Crippen molar-refractivity contribution in [1.82, 2.24) is 9.80 Å². The summed E-state index contributed by atoms with van der Waals surface area (Å²) in [4.78, 5) is 29.0. The summed E-state index contributed by atoms with van der Waals surface area (Å²) < 4.78 is 0. The molecule has 3 fully saturated rings. The minimum Gasteiger partial charge on any atom is -0.396 e. The highest BCUT2D eigenvalue weighted by Crippen LogP contribution is 2.47. The molecule has 1 aromatic carbocycles.